The molecule has 6 nitrogen and oxygen atoms in total. The fourth-order valence-electron chi connectivity index (χ4n) is 1.99. The van der Waals surface area contributed by atoms with Crippen LogP contribution in [0, 0.1) is 0 Å². The summed E-state index contributed by atoms with van der Waals surface area (Å²) < 4.78 is 0. The number of carbonyl (C=O) groups is 3. The van der Waals surface area contributed by atoms with Gasteiger partial charge in [0, 0.05) is 40.9 Å². The van der Waals surface area contributed by atoms with Crippen LogP contribution in [-0.2, 0) is 25.8 Å². The molecule has 3 N–H and O–H groups in total. The molecule has 0 saturated heterocycles. The molecule has 0 amide bonds. The molecule has 13 heteroatoms. The van der Waals surface area contributed by atoms with Crippen LogP contribution in [0.1, 0.15) is 31.1 Å². The Morgan fingerprint density at radius 2 is 0.676 bits per heavy atom. The first-order chi connectivity index (χ1) is 15.3. The maximum absolute atomic E-state index is 10.4. The molecule has 0 aliphatic carbocycles. The van der Waals surface area contributed by atoms with Crippen molar-refractivity contribution in [1.82, 2.24) is 0 Å². The summed E-state index contributed by atoms with van der Waals surface area (Å²) in [5, 5.41) is 27.4. The Labute approximate surface area is 242 Å². The molecule has 0 bridgehead atoms. The van der Waals surface area contributed by atoms with Gasteiger partial charge >= 0.3 is 17.9 Å². The van der Waals surface area contributed by atoms with Crippen LogP contribution in [0.5, 0.6) is 0 Å². The molecule has 1 radical (unpaired) electrons. The van der Waals surface area contributed by atoms with E-state index in [2.05, 4.69) is 0 Å². The van der Waals surface area contributed by atoms with Crippen molar-refractivity contribution in [3.05, 3.63) is 101 Å². The normalized spacial score (nSPS) is 9.35. The van der Waals surface area contributed by atoms with Crippen molar-refractivity contribution >= 4 is 87.5 Å². The molecule has 0 aliphatic rings. The summed E-state index contributed by atoms with van der Waals surface area (Å²) in [5.74, 6) is -3.15. The Balaban J connectivity index is 0.000000473. The van der Waals surface area contributed by atoms with E-state index in [-0.39, 0.29) is 57.6 Å². The minimum absolute atomic E-state index is 0. The molecule has 34 heavy (non-hydrogen) atoms. The van der Waals surface area contributed by atoms with Gasteiger partial charge in [0.2, 0.25) is 0 Å². The van der Waals surface area contributed by atoms with Gasteiger partial charge in [0.15, 0.2) is 0 Å². The maximum Gasteiger partial charge on any atom is 0.337 e. The van der Waals surface area contributed by atoms with Gasteiger partial charge in [0.1, 0.15) is 0 Å². The summed E-state index contributed by atoms with van der Waals surface area (Å²) >= 11 is 33.3. The number of hydrogen-bond acceptors (Lipinski definition) is 3. The number of carboxylic acid groups (broad SMARTS) is 3. The van der Waals surface area contributed by atoms with Gasteiger partial charge in [-0.25, -0.2) is 14.4 Å². The van der Waals surface area contributed by atoms with E-state index in [1.54, 1.807) is 0 Å². The Kier molecular flexibility index (Phi) is 15.0. The quantitative estimate of drug-likeness (QED) is 0.274. The minimum atomic E-state index is -1.05. The largest absolute Gasteiger partial charge is 0.478 e. The summed E-state index contributed by atoms with van der Waals surface area (Å²) in [6.07, 6.45) is 0. The van der Waals surface area contributed by atoms with Gasteiger partial charge in [0.05, 0.1) is 31.8 Å². The molecule has 0 spiro atoms. The second-order valence-corrected chi connectivity index (χ2v) is 8.32. The standard InChI is InChI=1S/3C7H4Cl2O2.Sc/c3*8-4-1-2-5(7(10)11)6(9)3-4;/h3*1-3H,(H,10,11);. The minimum Gasteiger partial charge on any atom is -0.478 e. The molecular formula is C21H12Cl6O6Sc. The first-order valence-electron chi connectivity index (χ1n) is 8.38. The van der Waals surface area contributed by atoms with E-state index in [0.29, 0.717) is 15.1 Å². The van der Waals surface area contributed by atoms with Gasteiger partial charge in [0.25, 0.3) is 0 Å². The summed E-state index contributed by atoms with van der Waals surface area (Å²) in [5.41, 5.74) is 0.197. The molecule has 0 unspecified atom stereocenters. The van der Waals surface area contributed by atoms with Gasteiger partial charge in [-0.3, -0.25) is 0 Å². The second-order valence-electron chi connectivity index (χ2n) is 5.79. The van der Waals surface area contributed by atoms with Crippen molar-refractivity contribution in [3.63, 3.8) is 0 Å². The maximum atomic E-state index is 10.4. The van der Waals surface area contributed by atoms with Crippen molar-refractivity contribution < 1.29 is 55.5 Å². The van der Waals surface area contributed by atoms with Crippen LogP contribution in [-0.4, -0.2) is 33.2 Å². The summed E-state index contributed by atoms with van der Waals surface area (Å²) in [7, 11) is 0. The monoisotopic (exact) mass is 615 g/mol. The van der Waals surface area contributed by atoms with E-state index in [1.165, 1.54) is 54.6 Å². The third kappa shape index (κ3) is 11.0. The van der Waals surface area contributed by atoms with Crippen LogP contribution in [0.3, 0.4) is 0 Å². The third-order valence-corrected chi connectivity index (χ3v) is 5.13. The fraction of sp³-hybridized carbons (Fsp3) is 0. The van der Waals surface area contributed by atoms with Crippen LogP contribution in [0.4, 0.5) is 0 Å². The predicted molar refractivity (Wildman–Crippen MR) is 130 cm³/mol. The third-order valence-electron chi connectivity index (χ3n) is 3.48. The molecule has 0 aromatic heterocycles. The van der Waals surface area contributed by atoms with Crippen molar-refractivity contribution in [2.45, 2.75) is 0 Å². The number of rotatable bonds is 3. The molecule has 0 heterocycles. The predicted octanol–water partition coefficient (Wildman–Crippen LogP) is 8.07. The van der Waals surface area contributed by atoms with Gasteiger partial charge < -0.3 is 15.3 Å². The Morgan fingerprint density at radius 1 is 0.471 bits per heavy atom. The van der Waals surface area contributed by atoms with Crippen LogP contribution >= 0.6 is 69.6 Å². The second kappa shape index (κ2) is 15.6. The van der Waals surface area contributed by atoms with E-state index in [4.69, 9.17) is 84.9 Å². The molecule has 3 aromatic carbocycles. The van der Waals surface area contributed by atoms with Gasteiger partial charge in [-0.2, -0.15) is 0 Å². The first kappa shape index (κ1) is 32.7. The Hall–Kier alpha value is -1.32. The van der Waals surface area contributed by atoms with E-state index < -0.39 is 17.9 Å². The first-order valence-corrected chi connectivity index (χ1v) is 10.6. The van der Waals surface area contributed by atoms with E-state index >= 15 is 0 Å². The molecule has 0 fully saturated rings. The smallest absolute Gasteiger partial charge is 0.337 e. The SMILES string of the molecule is O=C(O)c1ccc(Cl)cc1Cl.O=C(O)c1ccc(Cl)cc1Cl.O=C(O)c1ccc(Cl)cc1Cl.[Sc]. The molecule has 3 aromatic rings. The summed E-state index contributed by atoms with van der Waals surface area (Å²) in [6.45, 7) is 0. The summed E-state index contributed by atoms with van der Waals surface area (Å²) in [4.78, 5) is 31.2. The van der Waals surface area contributed by atoms with Crippen molar-refractivity contribution in [1.29, 1.82) is 0 Å². The van der Waals surface area contributed by atoms with E-state index in [1.807, 2.05) is 0 Å². The Morgan fingerprint density at radius 3 is 0.824 bits per heavy atom. The zero-order valence-corrected chi connectivity index (χ0v) is 22.9. The molecule has 0 saturated carbocycles. The molecule has 0 atom stereocenters. The molecular weight excluding hydrogens is 606 g/mol. The summed E-state index contributed by atoms with van der Waals surface area (Å²) in [6, 6.07) is 12.7. The molecule has 177 valence electrons. The average molecular weight is 618 g/mol. The van der Waals surface area contributed by atoms with Crippen molar-refractivity contribution in [3.8, 4) is 0 Å². The number of carboxylic acids is 3. The van der Waals surface area contributed by atoms with Gasteiger partial charge in [-0.05, 0) is 54.6 Å². The number of halogens is 6. The fourth-order valence-corrected chi connectivity index (χ4v) is 3.46. The van der Waals surface area contributed by atoms with E-state index in [9.17, 15) is 14.4 Å². The average Bonchev–Trinajstić information content (AvgIpc) is 2.68. The topological polar surface area (TPSA) is 112 Å². The van der Waals surface area contributed by atoms with Crippen LogP contribution in [0.25, 0.3) is 0 Å². The van der Waals surface area contributed by atoms with Gasteiger partial charge in [-0.15, -0.1) is 0 Å². The van der Waals surface area contributed by atoms with Crippen molar-refractivity contribution in [2.24, 2.45) is 0 Å². The zero-order chi connectivity index (χ0) is 25.3. The molecule has 0 aliphatic heterocycles. The van der Waals surface area contributed by atoms with Crippen LogP contribution in [0.2, 0.25) is 30.1 Å². The van der Waals surface area contributed by atoms with E-state index in [0.717, 1.165) is 0 Å². The van der Waals surface area contributed by atoms with Crippen LogP contribution < -0.4 is 0 Å². The number of benzene rings is 3. The van der Waals surface area contributed by atoms with Crippen molar-refractivity contribution in [2.75, 3.05) is 0 Å². The number of hydrogen-bond donors (Lipinski definition) is 3. The Bertz CT molecular complexity index is 1040. The number of aromatic carboxylic acids is 3. The van der Waals surface area contributed by atoms with Crippen LogP contribution in [0.15, 0.2) is 54.6 Å². The zero-order valence-electron chi connectivity index (χ0n) is 16.6. The molecule has 3 rings (SSSR count). The van der Waals surface area contributed by atoms with Gasteiger partial charge in [-0.1, -0.05) is 69.6 Å².